The van der Waals surface area contributed by atoms with Crippen LogP contribution in [-0.4, -0.2) is 47.6 Å². The van der Waals surface area contributed by atoms with Crippen LogP contribution in [0.25, 0.3) is 0 Å². The fraction of sp³-hybridized carbons (Fsp3) is 1.00. The summed E-state index contributed by atoms with van der Waals surface area (Å²) in [7, 11) is 2.22. The third-order valence-corrected chi connectivity index (χ3v) is 3.13. The molecular weight excluding hydrogens is 136 g/mol. The van der Waals surface area contributed by atoms with Crippen LogP contribution in [0.3, 0.4) is 0 Å². The minimum absolute atomic E-state index is 0.391. The third-order valence-electron chi connectivity index (χ3n) is 3.13. The molecule has 2 heteroatoms. The Morgan fingerprint density at radius 1 is 1.09 bits per heavy atom. The summed E-state index contributed by atoms with van der Waals surface area (Å²) in [5.41, 5.74) is 0.391. The van der Waals surface area contributed by atoms with Gasteiger partial charge in [0.1, 0.15) is 0 Å². The monoisotopic (exact) mass is 154 g/mol. The predicted molar refractivity (Wildman–Crippen MR) is 46.7 cm³/mol. The van der Waals surface area contributed by atoms with Crippen molar-refractivity contribution in [3.63, 3.8) is 0 Å². The van der Waals surface area contributed by atoms with Crippen molar-refractivity contribution in [2.45, 2.75) is 38.4 Å². The van der Waals surface area contributed by atoms with Crippen LogP contribution in [0.4, 0.5) is 0 Å². The Balaban J connectivity index is 1.95. The van der Waals surface area contributed by atoms with Gasteiger partial charge in [0.25, 0.3) is 0 Å². The molecule has 11 heavy (non-hydrogen) atoms. The van der Waals surface area contributed by atoms with Crippen LogP contribution in [0.15, 0.2) is 0 Å². The van der Waals surface area contributed by atoms with Crippen LogP contribution in [-0.2, 0) is 0 Å². The summed E-state index contributed by atoms with van der Waals surface area (Å²) < 4.78 is 0. The van der Waals surface area contributed by atoms with Crippen LogP contribution >= 0.6 is 0 Å². The van der Waals surface area contributed by atoms with Crippen molar-refractivity contribution < 1.29 is 0 Å². The van der Waals surface area contributed by atoms with E-state index in [1.54, 1.807) is 0 Å². The number of hydrogen-bond donors (Lipinski definition) is 0. The van der Waals surface area contributed by atoms with E-state index < -0.39 is 0 Å². The first-order valence-corrected chi connectivity index (χ1v) is 4.47. The van der Waals surface area contributed by atoms with E-state index in [1.165, 1.54) is 13.1 Å². The lowest BCUT2D eigenvalue weighted by atomic mass is 9.82. The van der Waals surface area contributed by atoms with Crippen LogP contribution < -0.4 is 0 Å². The van der Waals surface area contributed by atoms with E-state index in [0.717, 1.165) is 12.1 Å². The van der Waals surface area contributed by atoms with Crippen molar-refractivity contribution >= 4 is 0 Å². The predicted octanol–water partition coefficient (Wildman–Crippen LogP) is 0.783. The van der Waals surface area contributed by atoms with Gasteiger partial charge in [0.2, 0.25) is 0 Å². The van der Waals surface area contributed by atoms with E-state index in [1.807, 2.05) is 0 Å². The Morgan fingerprint density at radius 3 is 2.00 bits per heavy atom. The van der Waals surface area contributed by atoms with Crippen molar-refractivity contribution in [1.29, 1.82) is 0 Å². The maximum atomic E-state index is 2.61. The number of nitrogens with zero attached hydrogens (tertiary/aromatic N) is 2. The van der Waals surface area contributed by atoms with E-state index >= 15 is 0 Å². The first-order chi connectivity index (χ1) is 5.00. The highest BCUT2D eigenvalue weighted by Crippen LogP contribution is 2.36. The average molecular weight is 154 g/mol. The lowest BCUT2D eigenvalue weighted by Gasteiger charge is -2.65. The molecule has 0 amide bonds. The normalized spacial score (nSPS) is 39.3. The smallest absolute Gasteiger partial charge is 0.0397 e. The molecule has 2 aliphatic heterocycles. The van der Waals surface area contributed by atoms with E-state index in [2.05, 4.69) is 37.6 Å². The van der Waals surface area contributed by atoms with Gasteiger partial charge >= 0.3 is 0 Å². The van der Waals surface area contributed by atoms with Gasteiger partial charge in [-0.05, 0) is 27.8 Å². The molecule has 2 fully saturated rings. The molecule has 0 N–H and O–H groups in total. The van der Waals surface area contributed by atoms with Crippen molar-refractivity contribution in [2.24, 2.45) is 0 Å². The second-order valence-corrected chi connectivity index (χ2v) is 4.90. The minimum atomic E-state index is 0.391. The summed E-state index contributed by atoms with van der Waals surface area (Å²) in [4.78, 5) is 5.06. The molecule has 2 heterocycles. The summed E-state index contributed by atoms with van der Waals surface area (Å²) >= 11 is 0. The number of rotatable bonds is 0. The zero-order valence-corrected chi connectivity index (χ0v) is 7.96. The van der Waals surface area contributed by atoms with E-state index in [9.17, 15) is 0 Å². The molecule has 0 bridgehead atoms. The highest BCUT2D eigenvalue weighted by molar-refractivity contribution is 5.10. The summed E-state index contributed by atoms with van der Waals surface area (Å²) in [6, 6.07) is 1.76. The summed E-state index contributed by atoms with van der Waals surface area (Å²) in [6.45, 7) is 9.48. The highest BCUT2D eigenvalue weighted by atomic mass is 15.4. The molecule has 2 nitrogen and oxygen atoms in total. The fourth-order valence-electron chi connectivity index (χ4n) is 2.25. The molecule has 0 aromatic heterocycles. The first-order valence-electron chi connectivity index (χ1n) is 4.47. The SMILES string of the molecule is CN1C[C@H]2C1CN2C(C)(C)C. The second-order valence-electron chi connectivity index (χ2n) is 4.90. The van der Waals surface area contributed by atoms with E-state index in [4.69, 9.17) is 0 Å². The maximum absolute atomic E-state index is 2.61. The summed E-state index contributed by atoms with van der Waals surface area (Å²) in [5.74, 6) is 0. The molecule has 64 valence electrons. The molecule has 2 saturated heterocycles. The second kappa shape index (κ2) is 1.99. The van der Waals surface area contributed by atoms with Crippen molar-refractivity contribution in [3.05, 3.63) is 0 Å². The molecule has 2 atom stereocenters. The Bertz CT molecular complexity index is 171. The number of hydrogen-bond acceptors (Lipinski definition) is 2. The van der Waals surface area contributed by atoms with Gasteiger partial charge in [0.05, 0.1) is 0 Å². The fourth-order valence-corrected chi connectivity index (χ4v) is 2.25. The quantitative estimate of drug-likeness (QED) is 0.509. The van der Waals surface area contributed by atoms with Gasteiger partial charge in [-0.15, -0.1) is 0 Å². The molecular formula is C9H18N2. The summed E-state index contributed by atoms with van der Waals surface area (Å²) in [6.07, 6.45) is 0. The van der Waals surface area contributed by atoms with E-state index in [0.29, 0.717) is 5.54 Å². The standard InChI is InChI=1S/C9H18N2/c1-9(2,3)11-6-7-8(11)5-10(7)4/h7-8H,5-6H2,1-4H3/t7?,8-/m0/s1. The molecule has 0 aromatic carbocycles. The van der Waals surface area contributed by atoms with Crippen LogP contribution in [0.5, 0.6) is 0 Å². The Morgan fingerprint density at radius 2 is 1.73 bits per heavy atom. The maximum Gasteiger partial charge on any atom is 0.0397 e. The molecule has 2 rings (SSSR count). The van der Waals surface area contributed by atoms with Crippen LogP contribution in [0.1, 0.15) is 20.8 Å². The molecule has 0 aliphatic carbocycles. The number of likely N-dealkylation sites (N-methyl/N-ethyl adjacent to an activating group) is 1. The highest BCUT2D eigenvalue weighted by Gasteiger charge is 2.52. The van der Waals surface area contributed by atoms with Gasteiger partial charge in [-0.25, -0.2) is 0 Å². The van der Waals surface area contributed by atoms with Crippen LogP contribution in [0.2, 0.25) is 0 Å². The van der Waals surface area contributed by atoms with Gasteiger partial charge < -0.3 is 0 Å². The van der Waals surface area contributed by atoms with Gasteiger partial charge in [-0.1, -0.05) is 0 Å². The molecule has 2 aliphatic rings. The van der Waals surface area contributed by atoms with Crippen molar-refractivity contribution in [1.82, 2.24) is 9.80 Å². The van der Waals surface area contributed by atoms with Gasteiger partial charge in [-0.3, -0.25) is 9.80 Å². The number of piperazine rings is 1. The van der Waals surface area contributed by atoms with Gasteiger partial charge in [0.15, 0.2) is 0 Å². The minimum Gasteiger partial charge on any atom is -0.299 e. The third kappa shape index (κ3) is 0.926. The van der Waals surface area contributed by atoms with Gasteiger partial charge in [0, 0.05) is 30.7 Å². The summed E-state index contributed by atoms with van der Waals surface area (Å²) in [5, 5.41) is 0. The average Bonchev–Trinajstić information content (AvgIpc) is 1.79. The first kappa shape index (κ1) is 7.56. The number of fused-ring (bicyclic) bond motifs is 1. The van der Waals surface area contributed by atoms with Crippen LogP contribution in [0, 0.1) is 0 Å². The molecule has 1 unspecified atom stereocenters. The molecule has 0 radical (unpaired) electrons. The largest absolute Gasteiger partial charge is 0.299 e. The zero-order chi connectivity index (χ0) is 8.22. The Hall–Kier alpha value is -0.0800. The topological polar surface area (TPSA) is 6.48 Å². The number of likely N-dealkylation sites (tertiary alicyclic amines) is 2. The van der Waals surface area contributed by atoms with Crippen molar-refractivity contribution in [3.8, 4) is 0 Å². The Labute approximate surface area is 69.2 Å². The lowest BCUT2D eigenvalue weighted by molar-refractivity contribution is -0.149. The lowest BCUT2D eigenvalue weighted by Crippen LogP contribution is -2.80. The van der Waals surface area contributed by atoms with Gasteiger partial charge in [-0.2, -0.15) is 0 Å². The molecule has 0 saturated carbocycles. The van der Waals surface area contributed by atoms with Crippen molar-refractivity contribution in [2.75, 3.05) is 20.1 Å². The van der Waals surface area contributed by atoms with E-state index in [-0.39, 0.29) is 0 Å². The molecule has 0 aromatic rings. The zero-order valence-electron chi connectivity index (χ0n) is 7.96. The molecule has 0 spiro atoms. The Kier molecular flexibility index (Phi) is 1.37.